The van der Waals surface area contributed by atoms with Gasteiger partial charge in [-0.2, -0.15) is 0 Å². The van der Waals surface area contributed by atoms with Crippen LogP contribution in [0.5, 0.6) is 0 Å². The summed E-state index contributed by atoms with van der Waals surface area (Å²) in [7, 11) is 0. The van der Waals surface area contributed by atoms with Crippen molar-refractivity contribution in [2.24, 2.45) is 11.1 Å². The van der Waals surface area contributed by atoms with Crippen LogP contribution in [0.4, 0.5) is 0 Å². The molecule has 2 rings (SSSR count). The average Bonchev–Trinajstić information content (AvgIpc) is 2.16. The lowest BCUT2D eigenvalue weighted by Crippen LogP contribution is -2.54. The molecular weight excluding hydrogens is 204 g/mol. The maximum absolute atomic E-state index is 12.1. The van der Waals surface area contributed by atoms with Crippen molar-refractivity contribution in [3.8, 4) is 0 Å². The second kappa shape index (κ2) is 4.72. The number of ether oxygens (including phenoxy) is 1. The third-order valence-electron chi connectivity index (χ3n) is 4.00. The van der Waals surface area contributed by atoms with Crippen LogP contribution in [-0.4, -0.2) is 31.2 Å². The highest BCUT2D eigenvalue weighted by atomic mass is 16.5. The molecule has 16 heavy (non-hydrogen) atoms. The monoisotopic (exact) mass is 226 g/mol. The van der Waals surface area contributed by atoms with E-state index in [4.69, 9.17) is 10.5 Å². The number of hydrogen-bond donors (Lipinski definition) is 2. The zero-order valence-corrected chi connectivity index (χ0v) is 10.00. The fourth-order valence-corrected chi connectivity index (χ4v) is 2.60. The Morgan fingerprint density at radius 3 is 2.81 bits per heavy atom. The van der Waals surface area contributed by atoms with E-state index < -0.39 is 0 Å². The van der Waals surface area contributed by atoms with E-state index >= 15 is 0 Å². The van der Waals surface area contributed by atoms with Crippen molar-refractivity contribution in [3.63, 3.8) is 0 Å². The average molecular weight is 226 g/mol. The van der Waals surface area contributed by atoms with E-state index in [9.17, 15) is 4.79 Å². The summed E-state index contributed by atoms with van der Waals surface area (Å²) in [4.78, 5) is 12.1. The lowest BCUT2D eigenvalue weighted by molar-refractivity contribution is -0.136. The van der Waals surface area contributed by atoms with Crippen molar-refractivity contribution in [1.29, 1.82) is 0 Å². The number of rotatable bonds is 3. The van der Waals surface area contributed by atoms with E-state index in [1.165, 1.54) is 0 Å². The number of carbonyl (C=O) groups excluding carboxylic acids is 1. The van der Waals surface area contributed by atoms with E-state index in [2.05, 4.69) is 12.2 Å². The Morgan fingerprint density at radius 1 is 1.56 bits per heavy atom. The van der Waals surface area contributed by atoms with Gasteiger partial charge in [-0.25, -0.2) is 0 Å². The Hall–Kier alpha value is -0.610. The van der Waals surface area contributed by atoms with Gasteiger partial charge in [0.2, 0.25) is 5.91 Å². The van der Waals surface area contributed by atoms with Gasteiger partial charge in [-0.1, -0.05) is 6.42 Å². The highest BCUT2D eigenvalue weighted by Gasteiger charge is 2.43. The number of amides is 1. The van der Waals surface area contributed by atoms with Gasteiger partial charge >= 0.3 is 0 Å². The zero-order chi connectivity index (χ0) is 11.6. The van der Waals surface area contributed by atoms with Crippen molar-refractivity contribution in [1.82, 2.24) is 5.32 Å². The first kappa shape index (κ1) is 11.9. The fraction of sp³-hybridized carbons (Fsp3) is 0.917. The first-order valence-electron chi connectivity index (χ1n) is 6.29. The molecular formula is C12H22N2O2. The quantitative estimate of drug-likeness (QED) is 0.748. The minimum absolute atomic E-state index is 0.167. The molecule has 92 valence electrons. The van der Waals surface area contributed by atoms with Gasteiger partial charge in [-0.15, -0.1) is 0 Å². The first-order chi connectivity index (χ1) is 7.66. The smallest absolute Gasteiger partial charge is 0.227 e. The zero-order valence-electron chi connectivity index (χ0n) is 10.00. The van der Waals surface area contributed by atoms with Crippen molar-refractivity contribution in [2.75, 3.05) is 13.2 Å². The van der Waals surface area contributed by atoms with Crippen LogP contribution in [0.1, 0.15) is 39.0 Å². The summed E-state index contributed by atoms with van der Waals surface area (Å²) in [6, 6.07) is 0.278. The summed E-state index contributed by atoms with van der Waals surface area (Å²) >= 11 is 0. The van der Waals surface area contributed by atoms with Crippen LogP contribution < -0.4 is 11.1 Å². The van der Waals surface area contributed by atoms with Gasteiger partial charge in [0, 0.05) is 19.2 Å². The molecule has 1 heterocycles. The number of hydrogen-bond acceptors (Lipinski definition) is 3. The SMILES string of the molecule is CC1CC(NC(=O)C2(CN)CCC2)CCO1. The van der Waals surface area contributed by atoms with Gasteiger partial charge in [0.1, 0.15) is 0 Å². The molecule has 0 spiro atoms. The molecule has 2 unspecified atom stereocenters. The Kier molecular flexibility index (Phi) is 3.50. The van der Waals surface area contributed by atoms with Gasteiger partial charge in [0.05, 0.1) is 11.5 Å². The molecule has 4 nitrogen and oxygen atoms in total. The Morgan fingerprint density at radius 2 is 2.31 bits per heavy atom. The van der Waals surface area contributed by atoms with E-state index in [0.717, 1.165) is 38.7 Å². The van der Waals surface area contributed by atoms with Crippen LogP contribution >= 0.6 is 0 Å². The molecule has 0 bridgehead atoms. The van der Waals surface area contributed by atoms with E-state index in [0.29, 0.717) is 6.54 Å². The fourth-order valence-electron chi connectivity index (χ4n) is 2.60. The number of carbonyl (C=O) groups is 1. The van der Waals surface area contributed by atoms with Crippen molar-refractivity contribution < 1.29 is 9.53 Å². The van der Waals surface area contributed by atoms with Crippen LogP contribution in [-0.2, 0) is 9.53 Å². The van der Waals surface area contributed by atoms with Gasteiger partial charge in [0.25, 0.3) is 0 Å². The number of nitrogens with one attached hydrogen (secondary N) is 1. The molecule has 0 aromatic heterocycles. The molecule has 4 heteroatoms. The highest BCUT2D eigenvalue weighted by molar-refractivity contribution is 5.84. The summed E-state index contributed by atoms with van der Waals surface area (Å²) in [6.07, 6.45) is 5.15. The number of nitrogens with two attached hydrogens (primary N) is 1. The summed E-state index contributed by atoms with van der Waals surface area (Å²) < 4.78 is 5.47. The predicted octanol–water partition coefficient (Wildman–Crippen LogP) is 0.799. The van der Waals surface area contributed by atoms with Crippen LogP contribution in [0, 0.1) is 5.41 Å². The molecule has 0 radical (unpaired) electrons. The summed E-state index contributed by atoms with van der Waals surface area (Å²) in [5.74, 6) is 0.167. The second-order valence-corrected chi connectivity index (χ2v) is 5.21. The molecule has 1 aliphatic heterocycles. The summed E-state index contributed by atoms with van der Waals surface area (Å²) in [6.45, 7) is 3.29. The Balaban J connectivity index is 1.86. The van der Waals surface area contributed by atoms with Crippen LogP contribution in [0.2, 0.25) is 0 Å². The molecule has 2 aliphatic rings. The molecule has 2 fully saturated rings. The second-order valence-electron chi connectivity index (χ2n) is 5.21. The predicted molar refractivity (Wildman–Crippen MR) is 61.9 cm³/mol. The molecule has 1 saturated heterocycles. The van der Waals surface area contributed by atoms with E-state index in [1.54, 1.807) is 0 Å². The minimum atomic E-state index is -0.248. The molecule has 3 N–H and O–H groups in total. The van der Waals surface area contributed by atoms with Crippen molar-refractivity contribution in [3.05, 3.63) is 0 Å². The van der Waals surface area contributed by atoms with E-state index in [1.807, 2.05) is 0 Å². The standard InChI is InChI=1S/C12H22N2O2/c1-9-7-10(3-6-16-9)14-11(15)12(8-13)4-2-5-12/h9-10H,2-8,13H2,1H3,(H,14,15). The topological polar surface area (TPSA) is 64.4 Å². The maximum Gasteiger partial charge on any atom is 0.227 e. The molecule has 0 aromatic rings. The van der Waals surface area contributed by atoms with Gasteiger partial charge < -0.3 is 15.8 Å². The molecule has 1 amide bonds. The van der Waals surface area contributed by atoms with Crippen LogP contribution in [0.25, 0.3) is 0 Å². The van der Waals surface area contributed by atoms with E-state index in [-0.39, 0.29) is 23.5 Å². The summed E-state index contributed by atoms with van der Waals surface area (Å²) in [5, 5.41) is 3.14. The normalized spacial score (nSPS) is 32.9. The highest BCUT2D eigenvalue weighted by Crippen LogP contribution is 2.40. The Bertz CT molecular complexity index is 258. The van der Waals surface area contributed by atoms with Crippen LogP contribution in [0.3, 0.4) is 0 Å². The van der Waals surface area contributed by atoms with Crippen molar-refractivity contribution >= 4 is 5.91 Å². The largest absolute Gasteiger partial charge is 0.378 e. The maximum atomic E-state index is 12.1. The first-order valence-corrected chi connectivity index (χ1v) is 6.29. The lowest BCUT2D eigenvalue weighted by atomic mass is 9.68. The van der Waals surface area contributed by atoms with Crippen molar-refractivity contribution in [2.45, 2.75) is 51.2 Å². The minimum Gasteiger partial charge on any atom is -0.378 e. The van der Waals surface area contributed by atoms with Gasteiger partial charge in [-0.3, -0.25) is 4.79 Å². The molecule has 1 saturated carbocycles. The molecule has 2 atom stereocenters. The van der Waals surface area contributed by atoms with Crippen LogP contribution in [0.15, 0.2) is 0 Å². The Labute approximate surface area is 96.9 Å². The van der Waals surface area contributed by atoms with Gasteiger partial charge in [0.15, 0.2) is 0 Å². The summed E-state index contributed by atoms with van der Waals surface area (Å²) in [5.41, 5.74) is 5.47. The molecule has 1 aliphatic carbocycles. The third-order valence-corrected chi connectivity index (χ3v) is 4.00. The third kappa shape index (κ3) is 2.23. The van der Waals surface area contributed by atoms with Gasteiger partial charge in [-0.05, 0) is 32.6 Å². The molecule has 0 aromatic carbocycles. The lowest BCUT2D eigenvalue weighted by Gasteiger charge is -2.41.